The normalized spacial score (nSPS) is 13.6. The fraction of sp³-hybridized carbons (Fsp3) is 0.684. The predicted molar refractivity (Wildman–Crippen MR) is 91.7 cm³/mol. The Morgan fingerprint density at radius 3 is 2.33 bits per heavy atom. The average Bonchev–Trinajstić information content (AvgIpc) is 2.45. The lowest BCUT2D eigenvalue weighted by Crippen LogP contribution is -2.30. The SMILES string of the molecule is COC(C)(C)CCC(CNCC(C)C)Cc1ccccc1. The first kappa shape index (κ1) is 18.2. The maximum atomic E-state index is 5.56. The molecule has 2 nitrogen and oxygen atoms in total. The molecule has 0 radical (unpaired) electrons. The summed E-state index contributed by atoms with van der Waals surface area (Å²) in [5.41, 5.74) is 1.41. The zero-order chi connectivity index (χ0) is 15.7. The molecule has 1 rings (SSSR count). The minimum Gasteiger partial charge on any atom is -0.379 e. The van der Waals surface area contributed by atoms with E-state index in [1.807, 2.05) is 7.11 Å². The van der Waals surface area contributed by atoms with Crippen molar-refractivity contribution in [3.8, 4) is 0 Å². The minimum atomic E-state index is -0.0208. The highest BCUT2D eigenvalue weighted by molar-refractivity contribution is 5.15. The van der Waals surface area contributed by atoms with Gasteiger partial charge in [0, 0.05) is 7.11 Å². The zero-order valence-corrected chi connectivity index (χ0v) is 14.5. The molecule has 0 aromatic heterocycles. The van der Waals surface area contributed by atoms with Crippen LogP contribution in [0.15, 0.2) is 30.3 Å². The number of benzene rings is 1. The molecule has 0 spiro atoms. The van der Waals surface area contributed by atoms with E-state index in [2.05, 4.69) is 63.3 Å². The van der Waals surface area contributed by atoms with Crippen molar-refractivity contribution in [3.63, 3.8) is 0 Å². The smallest absolute Gasteiger partial charge is 0.0622 e. The summed E-state index contributed by atoms with van der Waals surface area (Å²) in [6.07, 6.45) is 3.44. The maximum absolute atomic E-state index is 5.56. The molecule has 1 atom stereocenters. The first-order valence-corrected chi connectivity index (χ1v) is 8.22. The van der Waals surface area contributed by atoms with Gasteiger partial charge in [-0.15, -0.1) is 0 Å². The number of rotatable bonds is 10. The Kier molecular flexibility index (Phi) is 7.98. The third-order valence-corrected chi connectivity index (χ3v) is 4.06. The van der Waals surface area contributed by atoms with E-state index < -0.39 is 0 Å². The Morgan fingerprint density at radius 2 is 1.76 bits per heavy atom. The highest BCUT2D eigenvalue weighted by Gasteiger charge is 2.19. The molecule has 0 amide bonds. The number of nitrogens with one attached hydrogen (secondary N) is 1. The lowest BCUT2D eigenvalue weighted by Gasteiger charge is -2.26. The fourth-order valence-electron chi connectivity index (χ4n) is 2.45. The van der Waals surface area contributed by atoms with Crippen LogP contribution in [-0.4, -0.2) is 25.8 Å². The van der Waals surface area contributed by atoms with Crippen molar-refractivity contribution < 1.29 is 4.74 Å². The van der Waals surface area contributed by atoms with Crippen LogP contribution in [0.25, 0.3) is 0 Å². The third kappa shape index (κ3) is 8.23. The van der Waals surface area contributed by atoms with Gasteiger partial charge in [0.1, 0.15) is 0 Å². The van der Waals surface area contributed by atoms with E-state index in [0.29, 0.717) is 11.8 Å². The first-order valence-electron chi connectivity index (χ1n) is 8.22. The van der Waals surface area contributed by atoms with Gasteiger partial charge in [0.2, 0.25) is 0 Å². The second-order valence-electron chi connectivity index (χ2n) is 7.11. The first-order chi connectivity index (χ1) is 9.93. The molecule has 0 aliphatic heterocycles. The standard InChI is InChI=1S/C19H33NO/c1-16(2)14-20-15-18(11-12-19(3,4)21-5)13-17-9-7-6-8-10-17/h6-10,16,18,20H,11-15H2,1-5H3. The molecule has 1 aromatic rings. The molecule has 1 N–H and O–H groups in total. The number of methoxy groups -OCH3 is 1. The lowest BCUT2D eigenvalue weighted by molar-refractivity contribution is 0.0103. The van der Waals surface area contributed by atoms with Gasteiger partial charge in [-0.1, -0.05) is 44.2 Å². The van der Waals surface area contributed by atoms with Crippen LogP contribution in [0.3, 0.4) is 0 Å². The number of hydrogen-bond acceptors (Lipinski definition) is 2. The van der Waals surface area contributed by atoms with E-state index in [4.69, 9.17) is 4.74 Å². The summed E-state index contributed by atoms with van der Waals surface area (Å²) >= 11 is 0. The molecule has 21 heavy (non-hydrogen) atoms. The summed E-state index contributed by atoms with van der Waals surface area (Å²) < 4.78 is 5.56. The van der Waals surface area contributed by atoms with Crippen LogP contribution >= 0.6 is 0 Å². The van der Waals surface area contributed by atoms with Crippen molar-refractivity contribution in [2.24, 2.45) is 11.8 Å². The zero-order valence-electron chi connectivity index (χ0n) is 14.5. The molecule has 0 fully saturated rings. The molecule has 0 aliphatic carbocycles. The minimum absolute atomic E-state index is 0.0208. The van der Waals surface area contributed by atoms with Crippen molar-refractivity contribution in [2.75, 3.05) is 20.2 Å². The van der Waals surface area contributed by atoms with E-state index in [9.17, 15) is 0 Å². The van der Waals surface area contributed by atoms with Gasteiger partial charge in [0.05, 0.1) is 5.60 Å². The second-order valence-corrected chi connectivity index (χ2v) is 7.11. The number of ether oxygens (including phenoxy) is 1. The van der Waals surface area contributed by atoms with Crippen molar-refractivity contribution >= 4 is 0 Å². The van der Waals surface area contributed by atoms with Crippen LogP contribution in [-0.2, 0) is 11.2 Å². The molecule has 0 bridgehead atoms. The van der Waals surface area contributed by atoms with Gasteiger partial charge in [0.25, 0.3) is 0 Å². The van der Waals surface area contributed by atoms with Crippen LogP contribution in [0.5, 0.6) is 0 Å². The van der Waals surface area contributed by atoms with Gasteiger partial charge in [-0.3, -0.25) is 0 Å². The van der Waals surface area contributed by atoms with E-state index in [1.165, 1.54) is 12.0 Å². The topological polar surface area (TPSA) is 21.3 Å². The summed E-state index contributed by atoms with van der Waals surface area (Å²) in [6, 6.07) is 10.8. The largest absolute Gasteiger partial charge is 0.379 e. The molecule has 120 valence electrons. The van der Waals surface area contributed by atoms with Crippen LogP contribution in [0.4, 0.5) is 0 Å². The lowest BCUT2D eigenvalue weighted by atomic mass is 9.90. The highest BCUT2D eigenvalue weighted by Crippen LogP contribution is 2.21. The maximum Gasteiger partial charge on any atom is 0.0622 e. The van der Waals surface area contributed by atoms with Gasteiger partial charge in [0.15, 0.2) is 0 Å². The Balaban J connectivity index is 2.52. The molecule has 0 saturated heterocycles. The van der Waals surface area contributed by atoms with Gasteiger partial charge >= 0.3 is 0 Å². The molecular formula is C19H33NO. The molecular weight excluding hydrogens is 258 g/mol. The summed E-state index contributed by atoms with van der Waals surface area (Å²) in [4.78, 5) is 0. The van der Waals surface area contributed by atoms with E-state index in [0.717, 1.165) is 25.9 Å². The average molecular weight is 291 g/mol. The van der Waals surface area contributed by atoms with Crippen LogP contribution in [0.1, 0.15) is 46.1 Å². The fourth-order valence-corrected chi connectivity index (χ4v) is 2.45. The van der Waals surface area contributed by atoms with Crippen molar-refractivity contribution in [3.05, 3.63) is 35.9 Å². The molecule has 2 heteroatoms. The van der Waals surface area contributed by atoms with Crippen molar-refractivity contribution in [1.82, 2.24) is 5.32 Å². The summed E-state index contributed by atoms with van der Waals surface area (Å²) in [5.74, 6) is 1.37. The molecule has 0 saturated carbocycles. The third-order valence-electron chi connectivity index (χ3n) is 4.06. The summed E-state index contributed by atoms with van der Waals surface area (Å²) in [7, 11) is 1.81. The van der Waals surface area contributed by atoms with Gasteiger partial charge in [-0.25, -0.2) is 0 Å². The summed E-state index contributed by atoms with van der Waals surface area (Å²) in [6.45, 7) is 11.1. The van der Waals surface area contributed by atoms with E-state index in [-0.39, 0.29) is 5.60 Å². The van der Waals surface area contributed by atoms with Gasteiger partial charge < -0.3 is 10.1 Å². The van der Waals surface area contributed by atoms with Crippen molar-refractivity contribution in [1.29, 1.82) is 0 Å². The number of hydrogen-bond donors (Lipinski definition) is 1. The second kappa shape index (κ2) is 9.22. The van der Waals surface area contributed by atoms with E-state index >= 15 is 0 Å². The van der Waals surface area contributed by atoms with Crippen LogP contribution in [0.2, 0.25) is 0 Å². The van der Waals surface area contributed by atoms with Gasteiger partial charge in [-0.2, -0.15) is 0 Å². The van der Waals surface area contributed by atoms with Crippen LogP contribution in [0, 0.1) is 11.8 Å². The van der Waals surface area contributed by atoms with E-state index in [1.54, 1.807) is 0 Å². The Morgan fingerprint density at radius 1 is 1.10 bits per heavy atom. The molecule has 0 aliphatic rings. The highest BCUT2D eigenvalue weighted by atomic mass is 16.5. The quantitative estimate of drug-likeness (QED) is 0.694. The molecule has 1 aromatic carbocycles. The Bertz CT molecular complexity index is 372. The summed E-state index contributed by atoms with van der Waals surface area (Å²) in [5, 5.41) is 3.62. The molecule has 1 unspecified atom stereocenters. The van der Waals surface area contributed by atoms with Crippen LogP contribution < -0.4 is 5.32 Å². The van der Waals surface area contributed by atoms with Crippen molar-refractivity contribution in [2.45, 2.75) is 52.6 Å². The Labute approximate surface area is 131 Å². The Hall–Kier alpha value is -0.860. The monoisotopic (exact) mass is 291 g/mol. The van der Waals surface area contributed by atoms with Gasteiger partial charge in [-0.05, 0) is 63.6 Å². The molecule has 0 heterocycles. The predicted octanol–water partition coefficient (Wildman–Crippen LogP) is 4.30.